The van der Waals surface area contributed by atoms with Crippen molar-refractivity contribution in [2.24, 2.45) is 0 Å². The van der Waals surface area contributed by atoms with Crippen LogP contribution in [0.15, 0.2) is 30.3 Å². The molecule has 19 heavy (non-hydrogen) atoms. The summed E-state index contributed by atoms with van der Waals surface area (Å²) in [6, 6.07) is 9.89. The Bertz CT molecular complexity index is 431. The number of hydrogen-bond acceptors (Lipinski definition) is 4. The highest BCUT2D eigenvalue weighted by atomic mass is 32.2. The van der Waals surface area contributed by atoms with Crippen molar-refractivity contribution in [3.05, 3.63) is 35.9 Å². The van der Waals surface area contributed by atoms with Gasteiger partial charge in [0.2, 0.25) is 5.79 Å². The van der Waals surface area contributed by atoms with Crippen molar-refractivity contribution in [1.29, 1.82) is 0 Å². The molecule has 0 radical (unpaired) electrons. The maximum Gasteiger partial charge on any atom is 0.217 e. The van der Waals surface area contributed by atoms with Crippen LogP contribution in [0.1, 0.15) is 31.7 Å². The zero-order valence-electron chi connectivity index (χ0n) is 11.2. The summed E-state index contributed by atoms with van der Waals surface area (Å²) in [4.78, 5) is 0. The third kappa shape index (κ3) is 2.23. The van der Waals surface area contributed by atoms with Crippen LogP contribution in [0.2, 0.25) is 0 Å². The van der Waals surface area contributed by atoms with E-state index in [2.05, 4.69) is 6.92 Å². The van der Waals surface area contributed by atoms with Crippen LogP contribution in [-0.2, 0) is 10.5 Å². The van der Waals surface area contributed by atoms with Crippen molar-refractivity contribution >= 4 is 23.5 Å². The fourth-order valence-corrected chi connectivity index (χ4v) is 6.46. The zero-order chi connectivity index (χ0) is 13.3. The summed E-state index contributed by atoms with van der Waals surface area (Å²) in [5, 5.41) is 11.3. The second-order valence-electron chi connectivity index (χ2n) is 5.17. The highest BCUT2D eigenvalue weighted by molar-refractivity contribution is 8.18. The maximum absolute atomic E-state index is 11.3. The molecule has 1 aromatic carbocycles. The van der Waals surface area contributed by atoms with E-state index in [0.29, 0.717) is 0 Å². The Kier molecular flexibility index (Phi) is 3.87. The minimum absolute atomic E-state index is 0.156. The first-order chi connectivity index (χ1) is 9.20. The van der Waals surface area contributed by atoms with Crippen molar-refractivity contribution in [2.75, 3.05) is 11.5 Å². The van der Waals surface area contributed by atoms with E-state index < -0.39 is 5.79 Å². The maximum atomic E-state index is 11.3. The lowest BCUT2D eigenvalue weighted by atomic mass is 10.0. The van der Waals surface area contributed by atoms with Gasteiger partial charge in [0.1, 0.15) is 4.08 Å². The van der Waals surface area contributed by atoms with Gasteiger partial charge in [-0.3, -0.25) is 0 Å². The predicted octanol–water partition coefficient (Wildman–Crippen LogP) is 3.60. The molecule has 2 aliphatic heterocycles. The van der Waals surface area contributed by atoms with E-state index >= 15 is 0 Å². The van der Waals surface area contributed by atoms with E-state index in [1.807, 2.05) is 53.9 Å². The third-order valence-electron chi connectivity index (χ3n) is 3.93. The number of thioether (sulfide) groups is 2. The van der Waals surface area contributed by atoms with Crippen LogP contribution in [0.25, 0.3) is 0 Å². The van der Waals surface area contributed by atoms with E-state index in [1.54, 1.807) is 0 Å². The van der Waals surface area contributed by atoms with Crippen LogP contribution in [0.5, 0.6) is 0 Å². The van der Waals surface area contributed by atoms with Crippen molar-refractivity contribution in [3.8, 4) is 0 Å². The summed E-state index contributed by atoms with van der Waals surface area (Å²) in [7, 11) is 0. The molecule has 4 heteroatoms. The summed E-state index contributed by atoms with van der Waals surface area (Å²) in [6.45, 7) is 2.13. The first kappa shape index (κ1) is 13.8. The van der Waals surface area contributed by atoms with E-state index in [4.69, 9.17) is 4.74 Å². The number of aliphatic hydroxyl groups is 1. The monoisotopic (exact) mass is 296 g/mol. The summed E-state index contributed by atoms with van der Waals surface area (Å²) < 4.78 is 5.86. The molecule has 2 aliphatic rings. The zero-order valence-corrected chi connectivity index (χ0v) is 12.8. The average molecular weight is 296 g/mol. The number of hydrogen-bond donors (Lipinski definition) is 1. The first-order valence-corrected chi connectivity index (χ1v) is 8.91. The van der Waals surface area contributed by atoms with Crippen LogP contribution in [0.4, 0.5) is 0 Å². The normalized spacial score (nSPS) is 33.7. The summed E-state index contributed by atoms with van der Waals surface area (Å²) >= 11 is 3.76. The van der Waals surface area contributed by atoms with E-state index in [1.165, 1.54) is 6.42 Å². The van der Waals surface area contributed by atoms with Gasteiger partial charge in [0.05, 0.1) is 6.10 Å². The molecule has 1 aromatic rings. The SMILES string of the molecule is CCC1CC2(SCCCS2)C(O)(c2ccccc2)O1. The molecule has 1 N–H and O–H groups in total. The number of rotatable bonds is 2. The summed E-state index contributed by atoms with van der Waals surface area (Å²) in [5.41, 5.74) is 0.896. The van der Waals surface area contributed by atoms with Gasteiger partial charge in [-0.2, -0.15) is 0 Å². The van der Waals surface area contributed by atoms with E-state index in [0.717, 1.165) is 29.9 Å². The van der Waals surface area contributed by atoms with Gasteiger partial charge in [0, 0.05) is 12.0 Å². The van der Waals surface area contributed by atoms with Gasteiger partial charge in [0.25, 0.3) is 0 Å². The van der Waals surface area contributed by atoms with Gasteiger partial charge < -0.3 is 9.84 Å². The minimum Gasteiger partial charge on any atom is -0.360 e. The van der Waals surface area contributed by atoms with Crippen LogP contribution < -0.4 is 0 Å². The molecule has 0 amide bonds. The Morgan fingerprint density at radius 2 is 1.95 bits per heavy atom. The molecule has 1 spiro atoms. The average Bonchev–Trinajstić information content (AvgIpc) is 2.75. The first-order valence-electron chi connectivity index (χ1n) is 6.94. The number of benzene rings is 1. The molecular formula is C15H20O2S2. The Labute approximate surface area is 123 Å². The summed E-state index contributed by atoms with van der Waals surface area (Å²) in [5.74, 6) is 1.08. The molecule has 0 saturated carbocycles. The Morgan fingerprint density at radius 3 is 2.58 bits per heavy atom. The van der Waals surface area contributed by atoms with Gasteiger partial charge in [-0.25, -0.2) is 0 Å². The lowest BCUT2D eigenvalue weighted by molar-refractivity contribution is -0.202. The lowest BCUT2D eigenvalue weighted by Gasteiger charge is -2.42. The molecule has 0 aromatic heterocycles. The van der Waals surface area contributed by atoms with Crippen molar-refractivity contribution in [1.82, 2.24) is 0 Å². The van der Waals surface area contributed by atoms with Gasteiger partial charge in [-0.05, 0) is 24.3 Å². The molecule has 3 rings (SSSR count). The van der Waals surface area contributed by atoms with Crippen molar-refractivity contribution in [2.45, 2.75) is 42.2 Å². The molecule has 2 heterocycles. The molecule has 2 fully saturated rings. The van der Waals surface area contributed by atoms with Crippen molar-refractivity contribution < 1.29 is 9.84 Å². The molecule has 2 saturated heterocycles. The Hall–Kier alpha value is -0.160. The molecule has 104 valence electrons. The molecular weight excluding hydrogens is 276 g/mol. The van der Waals surface area contributed by atoms with Crippen LogP contribution in [0.3, 0.4) is 0 Å². The highest BCUT2D eigenvalue weighted by Crippen LogP contribution is 2.61. The second kappa shape index (κ2) is 5.32. The van der Waals surface area contributed by atoms with Gasteiger partial charge >= 0.3 is 0 Å². The molecule has 0 bridgehead atoms. The predicted molar refractivity (Wildman–Crippen MR) is 82.4 cm³/mol. The van der Waals surface area contributed by atoms with Crippen molar-refractivity contribution in [3.63, 3.8) is 0 Å². The van der Waals surface area contributed by atoms with Crippen LogP contribution in [-0.4, -0.2) is 26.8 Å². The highest BCUT2D eigenvalue weighted by Gasteiger charge is 2.61. The smallest absolute Gasteiger partial charge is 0.217 e. The fraction of sp³-hybridized carbons (Fsp3) is 0.600. The molecule has 2 atom stereocenters. The molecule has 2 unspecified atom stereocenters. The lowest BCUT2D eigenvalue weighted by Crippen LogP contribution is -2.45. The fourth-order valence-electron chi connectivity index (χ4n) is 2.88. The quantitative estimate of drug-likeness (QED) is 0.903. The Morgan fingerprint density at radius 1 is 1.26 bits per heavy atom. The van der Waals surface area contributed by atoms with E-state index in [9.17, 15) is 5.11 Å². The number of ether oxygens (including phenoxy) is 1. The van der Waals surface area contributed by atoms with E-state index in [-0.39, 0.29) is 10.2 Å². The third-order valence-corrected chi connectivity index (χ3v) is 7.44. The standard InChI is InChI=1S/C15H20O2S2/c1-2-13-11-14(18-9-6-10-19-14)15(16,17-13)12-7-4-3-5-8-12/h3-5,7-8,13,16H,2,6,9-11H2,1H3. The topological polar surface area (TPSA) is 29.5 Å². The van der Waals surface area contributed by atoms with Gasteiger partial charge in [-0.15, -0.1) is 23.5 Å². The second-order valence-corrected chi connectivity index (χ2v) is 8.21. The van der Waals surface area contributed by atoms with Gasteiger partial charge in [0.15, 0.2) is 0 Å². The summed E-state index contributed by atoms with van der Waals surface area (Å²) in [6.07, 6.45) is 3.27. The minimum atomic E-state index is -1.15. The molecule has 2 nitrogen and oxygen atoms in total. The largest absolute Gasteiger partial charge is 0.360 e. The molecule has 0 aliphatic carbocycles. The van der Waals surface area contributed by atoms with Crippen LogP contribution in [0, 0.1) is 0 Å². The van der Waals surface area contributed by atoms with Crippen LogP contribution >= 0.6 is 23.5 Å². The Balaban J connectivity index is 2.00. The van der Waals surface area contributed by atoms with Gasteiger partial charge in [-0.1, -0.05) is 37.3 Å².